The zero-order valence-corrected chi connectivity index (χ0v) is 22.5. The Morgan fingerprint density at radius 3 is 2.86 bits per heavy atom. The van der Waals surface area contributed by atoms with E-state index in [0.717, 1.165) is 58.6 Å². The fraction of sp³-hybridized carbons (Fsp3) is 0.375. The lowest BCUT2D eigenvalue weighted by Crippen LogP contribution is -2.14. The molecule has 4 aromatic rings. The molecule has 0 fully saturated rings. The molecule has 11 heteroatoms. The van der Waals surface area contributed by atoms with E-state index in [2.05, 4.69) is 39.6 Å². The summed E-state index contributed by atoms with van der Waals surface area (Å²) in [6, 6.07) is 10.5. The van der Waals surface area contributed by atoms with E-state index in [1.54, 1.807) is 34.4 Å². The summed E-state index contributed by atoms with van der Waals surface area (Å²) < 4.78 is 4.23. The Balaban J connectivity index is 1.21. The van der Waals surface area contributed by atoms with Crippen LogP contribution in [0.15, 0.2) is 33.8 Å². The van der Waals surface area contributed by atoms with Crippen LogP contribution in [0.2, 0.25) is 0 Å². The standard InChI is InChI=1S/C24H24N6OS4/c1-2-30-20(13-33-24-26-17-9-6-7-11-19(17)35-24)28-29-23(30)32-14-21(31)27-22-16(12-25)15-8-4-3-5-10-18(15)34-22/h6-7,9,11H,2-5,8,10,13-14H2,1H3,(H,27,31). The van der Waals surface area contributed by atoms with E-state index in [1.165, 1.54) is 27.8 Å². The molecule has 1 aliphatic carbocycles. The third-order valence-corrected chi connectivity index (χ3v) is 10.2. The minimum absolute atomic E-state index is 0.126. The van der Waals surface area contributed by atoms with Gasteiger partial charge in [0.1, 0.15) is 16.9 Å². The average Bonchev–Trinajstić information content (AvgIpc) is 3.50. The molecule has 180 valence electrons. The SMILES string of the molecule is CCn1c(CSc2nc3ccccc3s2)nnc1SCC(=O)Nc1sc2c(c1C#N)CCCCC2. The lowest BCUT2D eigenvalue weighted by atomic mass is 10.1. The number of amides is 1. The summed E-state index contributed by atoms with van der Waals surface area (Å²) in [7, 11) is 0. The van der Waals surface area contributed by atoms with Crippen molar-refractivity contribution in [1.82, 2.24) is 19.7 Å². The van der Waals surface area contributed by atoms with Gasteiger partial charge in [0, 0.05) is 11.4 Å². The summed E-state index contributed by atoms with van der Waals surface area (Å²) >= 11 is 6.27. The monoisotopic (exact) mass is 540 g/mol. The summed E-state index contributed by atoms with van der Waals surface area (Å²) in [5, 5.41) is 22.8. The van der Waals surface area contributed by atoms with E-state index in [4.69, 9.17) is 0 Å². The number of thioether (sulfide) groups is 2. The van der Waals surface area contributed by atoms with Crippen molar-refractivity contribution in [2.75, 3.05) is 11.1 Å². The minimum Gasteiger partial charge on any atom is -0.316 e. The van der Waals surface area contributed by atoms with Crippen molar-refractivity contribution in [2.24, 2.45) is 0 Å². The molecule has 3 heterocycles. The van der Waals surface area contributed by atoms with Gasteiger partial charge in [0.2, 0.25) is 5.91 Å². The predicted octanol–water partition coefficient (Wildman–Crippen LogP) is 6.13. The van der Waals surface area contributed by atoms with Crippen molar-refractivity contribution in [3.05, 3.63) is 46.1 Å². The number of carbonyl (C=O) groups excluding carboxylic acids is 1. The summed E-state index contributed by atoms with van der Waals surface area (Å²) in [5.74, 6) is 1.63. The number of rotatable bonds is 8. The second-order valence-electron chi connectivity index (χ2n) is 8.10. The Hall–Kier alpha value is -2.39. The number of benzene rings is 1. The molecule has 1 amide bonds. The van der Waals surface area contributed by atoms with E-state index in [-0.39, 0.29) is 11.7 Å². The molecule has 0 bridgehead atoms. The molecule has 1 aromatic carbocycles. The van der Waals surface area contributed by atoms with Crippen molar-refractivity contribution >= 4 is 67.3 Å². The fourth-order valence-corrected chi connectivity index (χ4v) is 8.22. The van der Waals surface area contributed by atoms with Crippen molar-refractivity contribution < 1.29 is 4.79 Å². The first-order valence-electron chi connectivity index (χ1n) is 11.5. The third-order valence-electron chi connectivity index (χ3n) is 5.83. The molecule has 3 aromatic heterocycles. The first-order valence-corrected chi connectivity index (χ1v) is 15.1. The number of fused-ring (bicyclic) bond motifs is 2. The van der Waals surface area contributed by atoms with Crippen molar-refractivity contribution in [1.29, 1.82) is 5.26 Å². The number of para-hydroxylation sites is 1. The highest BCUT2D eigenvalue weighted by Gasteiger charge is 2.21. The molecule has 0 atom stereocenters. The fourth-order valence-electron chi connectivity index (χ4n) is 4.13. The molecule has 0 aliphatic heterocycles. The van der Waals surface area contributed by atoms with E-state index in [0.29, 0.717) is 16.3 Å². The smallest absolute Gasteiger partial charge is 0.235 e. The maximum Gasteiger partial charge on any atom is 0.235 e. The van der Waals surface area contributed by atoms with Gasteiger partial charge in [-0.1, -0.05) is 42.1 Å². The maximum atomic E-state index is 12.7. The highest BCUT2D eigenvalue weighted by Crippen LogP contribution is 2.37. The molecule has 1 aliphatic rings. The maximum absolute atomic E-state index is 12.7. The van der Waals surface area contributed by atoms with Crippen LogP contribution in [0.25, 0.3) is 10.2 Å². The molecule has 0 spiro atoms. The quantitative estimate of drug-likeness (QED) is 0.212. The Labute approximate surface area is 220 Å². The number of carbonyl (C=O) groups is 1. The second-order valence-corrected chi connectivity index (χ2v) is 12.4. The molecule has 7 nitrogen and oxygen atoms in total. The number of anilines is 1. The summed E-state index contributed by atoms with van der Waals surface area (Å²) in [6.45, 7) is 2.78. The normalized spacial score (nSPS) is 13.4. The van der Waals surface area contributed by atoms with Gasteiger partial charge in [0.05, 0.1) is 27.3 Å². The van der Waals surface area contributed by atoms with Crippen molar-refractivity contribution in [3.8, 4) is 6.07 Å². The largest absolute Gasteiger partial charge is 0.316 e. The third kappa shape index (κ3) is 5.40. The van der Waals surface area contributed by atoms with Crippen LogP contribution >= 0.6 is 46.2 Å². The van der Waals surface area contributed by atoms with Gasteiger partial charge in [-0.2, -0.15) is 5.26 Å². The minimum atomic E-state index is -0.126. The lowest BCUT2D eigenvalue weighted by Gasteiger charge is -2.07. The molecule has 0 radical (unpaired) electrons. The molecule has 35 heavy (non-hydrogen) atoms. The number of hydrogen-bond donors (Lipinski definition) is 1. The summed E-state index contributed by atoms with van der Waals surface area (Å²) in [6.07, 6.45) is 5.37. The molecule has 0 unspecified atom stereocenters. The first kappa shape index (κ1) is 24.3. The zero-order chi connectivity index (χ0) is 24.2. The number of thiophene rings is 1. The Morgan fingerprint density at radius 2 is 2.03 bits per heavy atom. The van der Waals surface area contributed by atoms with Crippen LogP contribution in [0, 0.1) is 11.3 Å². The highest BCUT2D eigenvalue weighted by atomic mass is 32.2. The number of nitrogens with one attached hydrogen (secondary N) is 1. The number of hydrogen-bond acceptors (Lipinski definition) is 9. The van der Waals surface area contributed by atoms with Crippen LogP contribution in [-0.2, 0) is 29.9 Å². The van der Waals surface area contributed by atoms with Gasteiger partial charge >= 0.3 is 0 Å². The van der Waals surface area contributed by atoms with Gasteiger partial charge in [-0.15, -0.1) is 32.9 Å². The van der Waals surface area contributed by atoms with E-state index >= 15 is 0 Å². The average molecular weight is 541 g/mol. The summed E-state index contributed by atoms with van der Waals surface area (Å²) in [5.41, 5.74) is 2.80. The molecule has 1 N–H and O–H groups in total. The van der Waals surface area contributed by atoms with Gasteiger partial charge in [-0.25, -0.2) is 4.98 Å². The summed E-state index contributed by atoms with van der Waals surface area (Å²) in [4.78, 5) is 18.7. The molecular formula is C24H24N6OS4. The van der Waals surface area contributed by atoms with E-state index in [9.17, 15) is 10.1 Å². The van der Waals surface area contributed by atoms with E-state index < -0.39 is 0 Å². The van der Waals surface area contributed by atoms with Crippen LogP contribution in [0.5, 0.6) is 0 Å². The number of aryl methyl sites for hydroxylation is 1. The van der Waals surface area contributed by atoms with Crippen molar-refractivity contribution in [2.45, 2.75) is 60.8 Å². The number of aromatic nitrogens is 4. The van der Waals surface area contributed by atoms with Gasteiger partial charge in [0.25, 0.3) is 0 Å². The van der Waals surface area contributed by atoms with E-state index in [1.807, 2.05) is 22.8 Å². The molecule has 0 saturated carbocycles. The second kappa shape index (κ2) is 11.1. The zero-order valence-electron chi connectivity index (χ0n) is 19.2. The van der Waals surface area contributed by atoms with Gasteiger partial charge in [-0.05, 0) is 50.3 Å². The predicted molar refractivity (Wildman–Crippen MR) is 145 cm³/mol. The number of thiazole rings is 1. The topological polar surface area (TPSA) is 96.5 Å². The Morgan fingerprint density at radius 1 is 1.17 bits per heavy atom. The molecular weight excluding hydrogens is 517 g/mol. The van der Waals surface area contributed by atoms with Gasteiger partial charge in [0.15, 0.2) is 9.50 Å². The van der Waals surface area contributed by atoms with Gasteiger partial charge in [-0.3, -0.25) is 4.79 Å². The molecule has 0 saturated heterocycles. The Kier molecular flexibility index (Phi) is 7.72. The highest BCUT2D eigenvalue weighted by molar-refractivity contribution is 8.00. The van der Waals surface area contributed by atoms with Crippen LogP contribution in [-0.4, -0.2) is 31.4 Å². The Bertz CT molecular complexity index is 1370. The van der Waals surface area contributed by atoms with Crippen LogP contribution in [0.1, 0.15) is 48.0 Å². The van der Waals surface area contributed by atoms with Crippen LogP contribution in [0.3, 0.4) is 0 Å². The number of nitriles is 1. The van der Waals surface area contributed by atoms with Crippen LogP contribution in [0.4, 0.5) is 5.00 Å². The number of nitrogens with zero attached hydrogens (tertiary/aromatic N) is 5. The lowest BCUT2D eigenvalue weighted by molar-refractivity contribution is -0.113. The molecule has 5 rings (SSSR count). The van der Waals surface area contributed by atoms with Crippen molar-refractivity contribution in [3.63, 3.8) is 0 Å². The van der Waals surface area contributed by atoms with Crippen LogP contribution < -0.4 is 5.32 Å². The first-order chi connectivity index (χ1) is 17.2. The van der Waals surface area contributed by atoms with Gasteiger partial charge < -0.3 is 9.88 Å².